The average Bonchev–Trinajstić information content (AvgIpc) is 3.59. The summed E-state index contributed by atoms with van der Waals surface area (Å²) in [6.45, 7) is 6.30. The molecule has 232 valence electrons. The van der Waals surface area contributed by atoms with Crippen molar-refractivity contribution in [2.75, 3.05) is 12.3 Å². The fourth-order valence-corrected chi connectivity index (χ4v) is 3.55. The molecular formula is C24H40N6O10S. The first-order chi connectivity index (χ1) is 19.2. The zero-order valence-electron chi connectivity index (χ0n) is 23.4. The van der Waals surface area contributed by atoms with E-state index in [4.69, 9.17) is 14.9 Å². The fourth-order valence-electron chi connectivity index (χ4n) is 3.44. The monoisotopic (exact) mass is 604 g/mol. The molecule has 0 aromatic heterocycles. The summed E-state index contributed by atoms with van der Waals surface area (Å²) in [4.78, 5) is 85.3. The van der Waals surface area contributed by atoms with Crippen LogP contribution in [-0.2, 0) is 38.3 Å². The molecule has 1 rings (SSSR count). The smallest absolute Gasteiger partial charge is 0.303 e. The third kappa shape index (κ3) is 13.7. The molecule has 16 nitrogen and oxygen atoms in total. The first-order valence-corrected chi connectivity index (χ1v) is 13.7. The van der Waals surface area contributed by atoms with E-state index in [0.717, 1.165) is 0 Å². The number of ether oxygens (including phenoxy) is 1. The van der Waals surface area contributed by atoms with Crippen molar-refractivity contribution in [2.24, 2.45) is 0 Å². The standard InChI is InChI=1S/C24H40N6O10S/c1-11(19(35)25-9-10-41)26-22(38)15(5-7-17(31)32)29-20(36)12(2)27-23(39)16(6-8-18(33)34)30-21(37)13(3)28-24-14(4)40-24/h11-16,24,28,41H,5-10H2,1-4H3,(H,25,35)(H,26,38)(H,27,39)(H,29,36)(H,30,37)(H,31,32)(H,33,34). The van der Waals surface area contributed by atoms with E-state index < -0.39 is 84.5 Å². The quantitative estimate of drug-likeness (QED) is 0.0549. The molecule has 7 unspecified atom stereocenters. The Balaban J connectivity index is 2.84. The zero-order chi connectivity index (χ0) is 31.3. The first-order valence-electron chi connectivity index (χ1n) is 13.1. The maximum Gasteiger partial charge on any atom is 0.303 e. The van der Waals surface area contributed by atoms with Crippen molar-refractivity contribution in [3.05, 3.63) is 0 Å². The molecule has 41 heavy (non-hydrogen) atoms. The van der Waals surface area contributed by atoms with Crippen LogP contribution in [-0.4, -0.2) is 107 Å². The number of hydrogen-bond acceptors (Lipinski definition) is 10. The van der Waals surface area contributed by atoms with Gasteiger partial charge < -0.3 is 41.5 Å². The van der Waals surface area contributed by atoms with Crippen molar-refractivity contribution in [1.29, 1.82) is 0 Å². The van der Waals surface area contributed by atoms with Crippen LogP contribution < -0.4 is 31.9 Å². The van der Waals surface area contributed by atoms with Gasteiger partial charge in [0, 0.05) is 25.1 Å². The van der Waals surface area contributed by atoms with Crippen LogP contribution in [0, 0.1) is 0 Å². The number of epoxide rings is 1. The summed E-state index contributed by atoms with van der Waals surface area (Å²) in [5.74, 6) is -5.65. The average molecular weight is 605 g/mol. The van der Waals surface area contributed by atoms with Crippen LogP contribution in [0.25, 0.3) is 0 Å². The second kappa shape index (κ2) is 17.4. The summed E-state index contributed by atoms with van der Waals surface area (Å²) in [7, 11) is 0. The van der Waals surface area contributed by atoms with E-state index >= 15 is 0 Å². The van der Waals surface area contributed by atoms with Gasteiger partial charge in [0.1, 0.15) is 30.4 Å². The summed E-state index contributed by atoms with van der Waals surface area (Å²) in [5.41, 5.74) is 0. The van der Waals surface area contributed by atoms with E-state index in [1.807, 2.05) is 0 Å². The lowest BCUT2D eigenvalue weighted by Crippen LogP contribution is -2.58. The van der Waals surface area contributed by atoms with Gasteiger partial charge in [-0.25, -0.2) is 0 Å². The molecule has 8 N–H and O–H groups in total. The predicted octanol–water partition coefficient (Wildman–Crippen LogP) is -2.54. The highest BCUT2D eigenvalue weighted by atomic mass is 32.1. The highest BCUT2D eigenvalue weighted by molar-refractivity contribution is 7.80. The molecule has 0 aromatic rings. The summed E-state index contributed by atoms with van der Waals surface area (Å²) in [5, 5.41) is 33.1. The maximum atomic E-state index is 12.9. The van der Waals surface area contributed by atoms with Crippen molar-refractivity contribution in [2.45, 2.75) is 95.9 Å². The molecule has 1 heterocycles. The number of carboxylic acids is 2. The molecule has 1 aliphatic rings. The lowest BCUT2D eigenvalue weighted by atomic mass is 10.1. The lowest BCUT2D eigenvalue weighted by Gasteiger charge is -2.24. The van der Waals surface area contributed by atoms with Crippen LogP contribution in [0.4, 0.5) is 0 Å². The van der Waals surface area contributed by atoms with Gasteiger partial charge in [-0.1, -0.05) is 0 Å². The number of rotatable bonds is 19. The number of aliphatic carboxylic acids is 2. The van der Waals surface area contributed by atoms with Crippen molar-refractivity contribution in [3.8, 4) is 0 Å². The molecule has 1 saturated heterocycles. The van der Waals surface area contributed by atoms with Gasteiger partial charge in [0.05, 0.1) is 12.1 Å². The second-order valence-corrected chi connectivity index (χ2v) is 10.1. The van der Waals surface area contributed by atoms with Gasteiger partial charge in [-0.2, -0.15) is 12.6 Å². The van der Waals surface area contributed by atoms with Crippen LogP contribution >= 0.6 is 12.6 Å². The Morgan fingerprint density at radius 2 is 1.12 bits per heavy atom. The summed E-state index contributed by atoms with van der Waals surface area (Å²) >= 11 is 3.98. The minimum Gasteiger partial charge on any atom is -0.481 e. The molecule has 5 amide bonds. The Bertz CT molecular complexity index is 983. The maximum absolute atomic E-state index is 12.9. The number of carbonyl (C=O) groups is 7. The van der Waals surface area contributed by atoms with Crippen molar-refractivity contribution < 1.29 is 48.5 Å². The third-order valence-electron chi connectivity index (χ3n) is 5.99. The van der Waals surface area contributed by atoms with E-state index in [9.17, 15) is 33.6 Å². The van der Waals surface area contributed by atoms with Crippen LogP contribution in [0.1, 0.15) is 53.4 Å². The fraction of sp³-hybridized carbons (Fsp3) is 0.708. The number of carbonyl (C=O) groups excluding carboxylic acids is 5. The topological polar surface area (TPSA) is 245 Å². The van der Waals surface area contributed by atoms with Crippen molar-refractivity contribution in [3.63, 3.8) is 0 Å². The molecule has 0 saturated carbocycles. The molecule has 0 aromatic carbocycles. The van der Waals surface area contributed by atoms with Crippen LogP contribution in [0.2, 0.25) is 0 Å². The van der Waals surface area contributed by atoms with Gasteiger partial charge >= 0.3 is 11.9 Å². The van der Waals surface area contributed by atoms with Crippen LogP contribution in [0.15, 0.2) is 0 Å². The van der Waals surface area contributed by atoms with Crippen molar-refractivity contribution >= 4 is 54.1 Å². The van der Waals surface area contributed by atoms with Gasteiger partial charge in [-0.3, -0.25) is 38.9 Å². The molecule has 7 atom stereocenters. The highest BCUT2D eigenvalue weighted by Gasteiger charge is 2.37. The van der Waals surface area contributed by atoms with E-state index in [1.165, 1.54) is 13.8 Å². The van der Waals surface area contributed by atoms with Gasteiger partial charge in [0.15, 0.2) is 0 Å². The van der Waals surface area contributed by atoms with Gasteiger partial charge in [0.2, 0.25) is 29.5 Å². The van der Waals surface area contributed by atoms with E-state index in [2.05, 4.69) is 44.5 Å². The Morgan fingerprint density at radius 1 is 0.707 bits per heavy atom. The second-order valence-electron chi connectivity index (χ2n) is 9.61. The molecule has 1 fully saturated rings. The number of nitrogens with one attached hydrogen (secondary N) is 6. The minimum absolute atomic E-state index is 0.0736. The van der Waals surface area contributed by atoms with E-state index in [0.29, 0.717) is 5.75 Å². The molecular weight excluding hydrogens is 564 g/mol. The number of hydrogen-bond donors (Lipinski definition) is 9. The van der Waals surface area contributed by atoms with Gasteiger partial charge in [-0.05, 0) is 40.5 Å². The Morgan fingerprint density at radius 3 is 1.51 bits per heavy atom. The Labute approximate surface area is 242 Å². The van der Waals surface area contributed by atoms with E-state index in [-0.39, 0.29) is 31.7 Å². The van der Waals surface area contributed by atoms with Gasteiger partial charge in [0.25, 0.3) is 0 Å². The largest absolute Gasteiger partial charge is 0.481 e. The summed E-state index contributed by atoms with van der Waals surface area (Å²) < 4.78 is 5.20. The Hall–Kier alpha value is -3.44. The number of carboxylic acid groups (broad SMARTS) is 2. The summed E-state index contributed by atoms with van der Waals surface area (Å²) in [6.07, 6.45) is -1.87. The predicted molar refractivity (Wildman–Crippen MR) is 147 cm³/mol. The van der Waals surface area contributed by atoms with E-state index in [1.54, 1.807) is 13.8 Å². The van der Waals surface area contributed by atoms with Crippen LogP contribution in [0.3, 0.4) is 0 Å². The molecule has 0 radical (unpaired) electrons. The molecule has 1 aliphatic heterocycles. The lowest BCUT2D eigenvalue weighted by molar-refractivity contribution is -0.138. The molecule has 0 bridgehead atoms. The minimum atomic E-state index is -1.35. The zero-order valence-corrected chi connectivity index (χ0v) is 24.3. The molecule has 0 aliphatic carbocycles. The number of thiol groups is 1. The highest BCUT2D eigenvalue weighted by Crippen LogP contribution is 2.18. The first kappa shape index (κ1) is 35.6. The summed E-state index contributed by atoms with van der Waals surface area (Å²) in [6, 6.07) is -5.66. The molecule has 17 heteroatoms. The van der Waals surface area contributed by atoms with Crippen molar-refractivity contribution in [1.82, 2.24) is 31.9 Å². The Kier molecular flexibility index (Phi) is 15.1. The van der Waals surface area contributed by atoms with Crippen LogP contribution in [0.5, 0.6) is 0 Å². The third-order valence-corrected chi connectivity index (χ3v) is 6.22. The SMILES string of the molecule is CC(NC(=O)C(CCC(=O)O)NC(=O)C(C)NC(=O)C(CCC(=O)O)NC(=O)C(C)NC1OC1C)C(=O)NCCS. The van der Waals surface area contributed by atoms with Gasteiger partial charge in [-0.15, -0.1) is 0 Å². The normalized spacial score (nSPS) is 19.3. The molecule has 0 spiro atoms. The number of amides is 5.